The van der Waals surface area contributed by atoms with Gasteiger partial charge >= 0.3 is 6.09 Å². The SMILES string of the molecule is Cc1nnc2c(Nc3ccc(NC(=O)OC(C)(C)C)cc3)nc3ccccc3n12. The van der Waals surface area contributed by atoms with Crippen molar-refractivity contribution in [1.82, 2.24) is 19.6 Å². The van der Waals surface area contributed by atoms with Crippen LogP contribution in [0.15, 0.2) is 48.5 Å². The van der Waals surface area contributed by atoms with E-state index < -0.39 is 11.7 Å². The third kappa shape index (κ3) is 3.96. The normalized spacial score (nSPS) is 11.6. The number of hydrogen-bond donors (Lipinski definition) is 2. The maximum absolute atomic E-state index is 11.9. The van der Waals surface area contributed by atoms with Gasteiger partial charge in [0.2, 0.25) is 5.65 Å². The number of ether oxygens (including phenoxy) is 1. The molecule has 0 spiro atoms. The molecule has 8 heteroatoms. The summed E-state index contributed by atoms with van der Waals surface area (Å²) in [7, 11) is 0. The van der Waals surface area contributed by atoms with Crippen LogP contribution in [0.2, 0.25) is 0 Å². The van der Waals surface area contributed by atoms with E-state index in [9.17, 15) is 4.79 Å². The zero-order valence-electron chi connectivity index (χ0n) is 16.7. The summed E-state index contributed by atoms with van der Waals surface area (Å²) in [5.74, 6) is 1.40. The molecule has 2 aromatic carbocycles. The molecule has 0 saturated carbocycles. The second-order valence-electron chi connectivity index (χ2n) is 7.68. The number of hydrogen-bond acceptors (Lipinski definition) is 6. The molecule has 0 aliphatic rings. The molecule has 2 aromatic heterocycles. The molecule has 8 nitrogen and oxygen atoms in total. The van der Waals surface area contributed by atoms with Gasteiger partial charge < -0.3 is 10.1 Å². The molecular weight excluding hydrogens is 368 g/mol. The first-order valence-corrected chi connectivity index (χ1v) is 9.28. The van der Waals surface area contributed by atoms with Crippen LogP contribution in [0.5, 0.6) is 0 Å². The average Bonchev–Trinajstić information content (AvgIpc) is 3.04. The number of anilines is 3. The Morgan fingerprint density at radius 1 is 1.00 bits per heavy atom. The van der Waals surface area contributed by atoms with Crippen LogP contribution in [-0.4, -0.2) is 31.3 Å². The summed E-state index contributed by atoms with van der Waals surface area (Å²) >= 11 is 0. The maximum Gasteiger partial charge on any atom is 0.412 e. The molecule has 0 atom stereocenters. The number of nitrogens with one attached hydrogen (secondary N) is 2. The molecule has 0 aliphatic heterocycles. The fourth-order valence-corrected chi connectivity index (χ4v) is 3.00. The van der Waals surface area contributed by atoms with Gasteiger partial charge in [-0.2, -0.15) is 0 Å². The Hall–Kier alpha value is -3.68. The van der Waals surface area contributed by atoms with E-state index in [0.29, 0.717) is 17.2 Å². The highest BCUT2D eigenvalue weighted by Crippen LogP contribution is 2.25. The molecule has 0 unspecified atom stereocenters. The summed E-state index contributed by atoms with van der Waals surface area (Å²) in [5.41, 5.74) is 3.35. The summed E-state index contributed by atoms with van der Waals surface area (Å²) in [6, 6.07) is 15.1. The summed E-state index contributed by atoms with van der Waals surface area (Å²) < 4.78 is 7.24. The average molecular weight is 390 g/mol. The van der Waals surface area contributed by atoms with E-state index in [4.69, 9.17) is 9.72 Å². The summed E-state index contributed by atoms with van der Waals surface area (Å²) in [5, 5.41) is 14.5. The minimum absolute atomic E-state index is 0.491. The van der Waals surface area contributed by atoms with E-state index in [0.717, 1.165) is 22.5 Å². The predicted molar refractivity (Wildman–Crippen MR) is 113 cm³/mol. The number of rotatable bonds is 3. The highest BCUT2D eigenvalue weighted by Gasteiger charge is 2.16. The van der Waals surface area contributed by atoms with Crippen molar-refractivity contribution in [2.75, 3.05) is 10.6 Å². The van der Waals surface area contributed by atoms with E-state index in [1.165, 1.54) is 0 Å². The van der Waals surface area contributed by atoms with E-state index in [-0.39, 0.29) is 0 Å². The lowest BCUT2D eigenvalue weighted by Crippen LogP contribution is -2.27. The molecule has 0 bridgehead atoms. The lowest BCUT2D eigenvalue weighted by Gasteiger charge is -2.19. The van der Waals surface area contributed by atoms with Gasteiger partial charge in [-0.3, -0.25) is 9.72 Å². The quantitative estimate of drug-likeness (QED) is 0.528. The smallest absolute Gasteiger partial charge is 0.412 e. The van der Waals surface area contributed by atoms with Gasteiger partial charge in [-0.25, -0.2) is 9.78 Å². The second-order valence-corrected chi connectivity index (χ2v) is 7.68. The number of carbonyl (C=O) groups is 1. The van der Waals surface area contributed by atoms with E-state index >= 15 is 0 Å². The van der Waals surface area contributed by atoms with Crippen molar-refractivity contribution in [3.05, 3.63) is 54.4 Å². The van der Waals surface area contributed by atoms with Gasteiger partial charge in [-0.1, -0.05) is 12.1 Å². The van der Waals surface area contributed by atoms with E-state index in [1.807, 2.05) is 68.5 Å². The summed E-state index contributed by atoms with van der Waals surface area (Å²) in [4.78, 5) is 16.6. The Kier molecular flexibility index (Phi) is 4.54. The molecule has 148 valence electrons. The second kappa shape index (κ2) is 7.05. The van der Waals surface area contributed by atoms with Gasteiger partial charge in [0.05, 0.1) is 11.0 Å². The van der Waals surface area contributed by atoms with Crippen LogP contribution in [-0.2, 0) is 4.74 Å². The van der Waals surface area contributed by atoms with Crippen LogP contribution in [0.1, 0.15) is 26.6 Å². The zero-order valence-corrected chi connectivity index (χ0v) is 16.7. The van der Waals surface area contributed by atoms with Crippen LogP contribution in [0, 0.1) is 6.92 Å². The fourth-order valence-electron chi connectivity index (χ4n) is 3.00. The monoisotopic (exact) mass is 390 g/mol. The standard InChI is InChI=1S/C21H22N6O2/c1-13-25-26-19-18(24-16-7-5-6-8-17(16)27(13)19)22-14-9-11-15(12-10-14)23-20(28)29-21(2,3)4/h5-12H,1-4H3,(H,22,24)(H,23,28). The van der Waals surface area contributed by atoms with Gasteiger partial charge in [0, 0.05) is 11.4 Å². The molecule has 0 fully saturated rings. The number of benzene rings is 2. The lowest BCUT2D eigenvalue weighted by atomic mass is 10.2. The summed E-state index contributed by atoms with van der Waals surface area (Å²) in [6.45, 7) is 7.38. The Balaban J connectivity index is 1.59. The minimum atomic E-state index is -0.547. The van der Waals surface area contributed by atoms with Gasteiger partial charge in [0.25, 0.3) is 0 Å². The van der Waals surface area contributed by atoms with Gasteiger partial charge in [0.15, 0.2) is 5.82 Å². The van der Waals surface area contributed by atoms with Crippen LogP contribution in [0.4, 0.5) is 22.0 Å². The van der Waals surface area contributed by atoms with Gasteiger partial charge in [-0.05, 0) is 64.1 Å². The molecule has 0 aliphatic carbocycles. The van der Waals surface area contributed by atoms with Crippen molar-refractivity contribution in [2.24, 2.45) is 0 Å². The lowest BCUT2D eigenvalue weighted by molar-refractivity contribution is 0.0636. The van der Waals surface area contributed by atoms with Crippen molar-refractivity contribution < 1.29 is 9.53 Å². The number of amides is 1. The molecule has 4 aromatic rings. The van der Waals surface area contributed by atoms with Crippen LogP contribution < -0.4 is 10.6 Å². The highest BCUT2D eigenvalue weighted by molar-refractivity contribution is 5.86. The molecular formula is C21H22N6O2. The molecule has 29 heavy (non-hydrogen) atoms. The first-order valence-electron chi connectivity index (χ1n) is 9.28. The van der Waals surface area contributed by atoms with Gasteiger partial charge in [0.1, 0.15) is 11.4 Å². The molecule has 4 rings (SSSR count). The zero-order chi connectivity index (χ0) is 20.6. The summed E-state index contributed by atoms with van der Waals surface area (Å²) in [6.07, 6.45) is -0.491. The molecule has 2 heterocycles. The number of aryl methyl sites for hydroxylation is 1. The van der Waals surface area contributed by atoms with Crippen molar-refractivity contribution in [3.8, 4) is 0 Å². The van der Waals surface area contributed by atoms with Crippen molar-refractivity contribution >= 4 is 40.0 Å². The van der Waals surface area contributed by atoms with E-state index in [1.54, 1.807) is 12.1 Å². The highest BCUT2D eigenvalue weighted by atomic mass is 16.6. The Bertz CT molecular complexity index is 1190. The maximum atomic E-state index is 11.9. The van der Waals surface area contributed by atoms with Crippen molar-refractivity contribution in [2.45, 2.75) is 33.3 Å². The minimum Gasteiger partial charge on any atom is -0.444 e. The van der Waals surface area contributed by atoms with Crippen molar-refractivity contribution in [3.63, 3.8) is 0 Å². The third-order valence-corrected chi connectivity index (χ3v) is 4.18. The van der Waals surface area contributed by atoms with Crippen LogP contribution in [0.3, 0.4) is 0 Å². The Morgan fingerprint density at radius 2 is 1.69 bits per heavy atom. The number of para-hydroxylation sites is 2. The number of fused-ring (bicyclic) bond motifs is 3. The van der Waals surface area contributed by atoms with Crippen molar-refractivity contribution in [1.29, 1.82) is 0 Å². The molecule has 1 amide bonds. The molecule has 0 saturated heterocycles. The fraction of sp³-hybridized carbons (Fsp3) is 0.238. The first-order chi connectivity index (χ1) is 13.8. The Labute approximate surface area is 167 Å². The molecule has 2 N–H and O–H groups in total. The number of carbonyl (C=O) groups excluding carboxylic acids is 1. The number of nitrogens with zero attached hydrogens (tertiary/aromatic N) is 4. The molecule has 0 radical (unpaired) electrons. The Morgan fingerprint density at radius 3 is 2.41 bits per heavy atom. The van der Waals surface area contributed by atoms with E-state index in [2.05, 4.69) is 20.8 Å². The van der Waals surface area contributed by atoms with Gasteiger partial charge in [-0.15, -0.1) is 10.2 Å². The predicted octanol–water partition coefficient (Wildman–Crippen LogP) is 4.68. The van der Waals surface area contributed by atoms with Crippen LogP contribution in [0.25, 0.3) is 16.7 Å². The first kappa shape index (κ1) is 18.7. The largest absolute Gasteiger partial charge is 0.444 e. The third-order valence-electron chi connectivity index (χ3n) is 4.18. The topological polar surface area (TPSA) is 93.4 Å². The number of aromatic nitrogens is 4. The van der Waals surface area contributed by atoms with Crippen LogP contribution >= 0.6 is 0 Å².